The maximum Gasteiger partial charge on any atom is 0.0900 e. The van der Waals surface area contributed by atoms with E-state index in [1.165, 1.54) is 0 Å². The summed E-state index contributed by atoms with van der Waals surface area (Å²) in [6, 6.07) is 0. The normalized spacial score (nSPS) is 31.4. The molecule has 1 saturated heterocycles. The molecular formula is C7H15NO2S. The van der Waals surface area contributed by atoms with Crippen LogP contribution in [0.4, 0.5) is 0 Å². The molecule has 0 radical (unpaired) electrons. The zero-order valence-corrected chi connectivity index (χ0v) is 7.63. The van der Waals surface area contributed by atoms with Gasteiger partial charge in [-0.2, -0.15) is 12.6 Å². The Kier molecular flexibility index (Phi) is 3.65. The van der Waals surface area contributed by atoms with E-state index in [9.17, 15) is 5.11 Å². The van der Waals surface area contributed by atoms with Gasteiger partial charge in [-0.3, -0.25) is 4.90 Å². The second-order valence-electron chi connectivity index (χ2n) is 2.86. The highest BCUT2D eigenvalue weighted by atomic mass is 32.1. The van der Waals surface area contributed by atoms with Crippen molar-refractivity contribution in [3.05, 3.63) is 0 Å². The van der Waals surface area contributed by atoms with Gasteiger partial charge in [0.15, 0.2) is 0 Å². The minimum absolute atomic E-state index is 0.200. The minimum atomic E-state index is -0.355. The molecule has 3 nitrogen and oxygen atoms in total. The third-order valence-corrected chi connectivity index (χ3v) is 2.13. The molecule has 1 heterocycles. The lowest BCUT2D eigenvalue weighted by molar-refractivity contribution is 0.0563. The van der Waals surface area contributed by atoms with Crippen LogP contribution in [0.2, 0.25) is 0 Å². The van der Waals surface area contributed by atoms with Crippen LogP contribution in [0.3, 0.4) is 0 Å². The summed E-state index contributed by atoms with van der Waals surface area (Å²) in [5.74, 6) is 0. The molecular weight excluding hydrogens is 162 g/mol. The first-order chi connectivity index (χ1) is 5.20. The molecule has 0 bridgehead atoms. The smallest absolute Gasteiger partial charge is 0.0900 e. The fraction of sp³-hybridized carbons (Fsp3) is 1.00. The van der Waals surface area contributed by atoms with Crippen molar-refractivity contribution >= 4 is 12.6 Å². The van der Waals surface area contributed by atoms with Crippen LogP contribution in [0.15, 0.2) is 0 Å². The molecule has 1 aliphatic rings. The number of rotatable bonds is 1. The van der Waals surface area contributed by atoms with Gasteiger partial charge in [-0.15, -0.1) is 0 Å². The van der Waals surface area contributed by atoms with Crippen LogP contribution in [-0.4, -0.2) is 47.8 Å². The van der Waals surface area contributed by atoms with Crippen LogP contribution in [0.1, 0.15) is 6.92 Å². The highest BCUT2D eigenvalue weighted by molar-refractivity contribution is 7.80. The van der Waals surface area contributed by atoms with Gasteiger partial charge >= 0.3 is 0 Å². The third-order valence-electron chi connectivity index (χ3n) is 1.81. The average Bonchev–Trinajstić information content (AvgIpc) is 2.13. The summed E-state index contributed by atoms with van der Waals surface area (Å²) in [6.45, 7) is 4.69. The Hall–Kier alpha value is 0.230. The van der Waals surface area contributed by atoms with Crippen LogP contribution in [0, 0.1) is 0 Å². The first-order valence-corrected chi connectivity index (χ1v) is 4.39. The van der Waals surface area contributed by atoms with Gasteiger partial charge in [-0.25, -0.2) is 0 Å². The van der Waals surface area contributed by atoms with Crippen molar-refractivity contribution in [3.8, 4) is 0 Å². The molecule has 0 saturated carbocycles. The first-order valence-electron chi connectivity index (χ1n) is 3.88. The topological polar surface area (TPSA) is 32.7 Å². The molecule has 1 N–H and O–H groups in total. The van der Waals surface area contributed by atoms with Gasteiger partial charge in [0.25, 0.3) is 0 Å². The maximum absolute atomic E-state index is 9.31. The van der Waals surface area contributed by atoms with E-state index in [-0.39, 0.29) is 11.5 Å². The van der Waals surface area contributed by atoms with E-state index < -0.39 is 0 Å². The third kappa shape index (κ3) is 2.99. The zero-order chi connectivity index (χ0) is 8.27. The fourth-order valence-corrected chi connectivity index (χ4v) is 1.37. The van der Waals surface area contributed by atoms with Gasteiger partial charge in [0.2, 0.25) is 0 Å². The Bertz CT molecular complexity index is 121. The van der Waals surface area contributed by atoms with Crippen molar-refractivity contribution in [1.82, 2.24) is 4.90 Å². The van der Waals surface area contributed by atoms with E-state index >= 15 is 0 Å². The summed E-state index contributed by atoms with van der Waals surface area (Å²) in [6.07, 6.45) is -0.355. The van der Waals surface area contributed by atoms with Gasteiger partial charge in [-0.05, 0) is 6.92 Å². The van der Waals surface area contributed by atoms with Crippen molar-refractivity contribution in [3.63, 3.8) is 0 Å². The van der Waals surface area contributed by atoms with Crippen LogP contribution in [0.5, 0.6) is 0 Å². The standard InChI is InChI=1S/C7H15NO2S/c1-6(11)8-2-3-10-5-7(9)4-8/h6-7,9,11H,2-5H2,1H3/t6?,7-/m1/s1. The molecule has 66 valence electrons. The molecule has 2 atom stereocenters. The van der Waals surface area contributed by atoms with Gasteiger partial charge in [0.1, 0.15) is 0 Å². The molecule has 1 unspecified atom stereocenters. The lowest BCUT2D eigenvalue weighted by Crippen LogP contribution is -2.36. The Morgan fingerprint density at radius 2 is 2.45 bits per heavy atom. The molecule has 1 aliphatic heterocycles. The minimum Gasteiger partial charge on any atom is -0.389 e. The molecule has 0 aliphatic carbocycles. The number of hydrogen-bond donors (Lipinski definition) is 2. The van der Waals surface area contributed by atoms with Crippen LogP contribution in [-0.2, 0) is 4.74 Å². The maximum atomic E-state index is 9.31. The quantitative estimate of drug-likeness (QED) is 0.551. The van der Waals surface area contributed by atoms with Crippen LogP contribution in [0.25, 0.3) is 0 Å². The SMILES string of the molecule is CC(S)N1CCOC[C@H](O)C1. The summed E-state index contributed by atoms with van der Waals surface area (Å²) < 4.78 is 5.16. The number of ether oxygens (including phenoxy) is 1. The van der Waals surface area contributed by atoms with Crippen LogP contribution >= 0.6 is 12.6 Å². The summed E-state index contributed by atoms with van der Waals surface area (Å²) in [5, 5.41) is 9.51. The first kappa shape index (κ1) is 9.32. The summed E-state index contributed by atoms with van der Waals surface area (Å²) in [4.78, 5) is 2.10. The number of aliphatic hydroxyl groups is 1. The molecule has 1 fully saturated rings. The van der Waals surface area contributed by atoms with Gasteiger partial charge in [-0.1, -0.05) is 0 Å². The molecule has 0 aromatic rings. The Morgan fingerprint density at radius 1 is 1.73 bits per heavy atom. The van der Waals surface area contributed by atoms with Crippen molar-refractivity contribution in [2.45, 2.75) is 18.4 Å². The second-order valence-corrected chi connectivity index (χ2v) is 3.60. The van der Waals surface area contributed by atoms with Crippen molar-refractivity contribution in [2.24, 2.45) is 0 Å². The van der Waals surface area contributed by atoms with E-state index in [1.54, 1.807) is 0 Å². The molecule has 0 amide bonds. The molecule has 0 aromatic carbocycles. The number of nitrogens with zero attached hydrogens (tertiary/aromatic N) is 1. The highest BCUT2D eigenvalue weighted by Crippen LogP contribution is 2.07. The largest absolute Gasteiger partial charge is 0.389 e. The van der Waals surface area contributed by atoms with E-state index in [4.69, 9.17) is 4.74 Å². The highest BCUT2D eigenvalue weighted by Gasteiger charge is 2.18. The molecule has 0 aromatic heterocycles. The zero-order valence-electron chi connectivity index (χ0n) is 6.73. The average molecular weight is 177 g/mol. The van der Waals surface area contributed by atoms with Gasteiger partial charge < -0.3 is 9.84 Å². The summed E-state index contributed by atoms with van der Waals surface area (Å²) in [7, 11) is 0. The molecule has 0 spiro atoms. The second kappa shape index (κ2) is 4.30. The molecule has 1 rings (SSSR count). The van der Waals surface area contributed by atoms with E-state index in [0.29, 0.717) is 19.8 Å². The Labute approximate surface area is 72.7 Å². The number of aliphatic hydroxyl groups excluding tert-OH is 1. The van der Waals surface area contributed by atoms with Crippen molar-refractivity contribution in [2.75, 3.05) is 26.3 Å². The number of β-amino-alcohol motifs (C(OH)–C–C–N with tert-alkyl or cyclic N) is 1. The monoisotopic (exact) mass is 177 g/mol. The Balaban J connectivity index is 2.39. The molecule has 11 heavy (non-hydrogen) atoms. The van der Waals surface area contributed by atoms with Crippen LogP contribution < -0.4 is 0 Å². The Morgan fingerprint density at radius 3 is 3.09 bits per heavy atom. The fourth-order valence-electron chi connectivity index (χ4n) is 1.16. The lowest BCUT2D eigenvalue weighted by atomic mass is 10.3. The summed E-state index contributed by atoms with van der Waals surface area (Å²) in [5.41, 5.74) is 0. The lowest BCUT2D eigenvalue weighted by Gasteiger charge is -2.23. The van der Waals surface area contributed by atoms with E-state index in [1.807, 2.05) is 6.92 Å². The predicted molar refractivity (Wildman–Crippen MR) is 46.8 cm³/mol. The van der Waals surface area contributed by atoms with E-state index in [2.05, 4.69) is 17.5 Å². The molecule has 4 heteroatoms. The summed E-state index contributed by atoms with van der Waals surface area (Å²) >= 11 is 4.29. The van der Waals surface area contributed by atoms with Gasteiger partial charge in [0, 0.05) is 13.1 Å². The van der Waals surface area contributed by atoms with E-state index in [0.717, 1.165) is 6.54 Å². The predicted octanol–water partition coefficient (Wildman–Crippen LogP) is -0.0447. The van der Waals surface area contributed by atoms with Gasteiger partial charge in [0.05, 0.1) is 24.7 Å². The van der Waals surface area contributed by atoms with Crippen molar-refractivity contribution in [1.29, 1.82) is 0 Å². The van der Waals surface area contributed by atoms with Crippen molar-refractivity contribution < 1.29 is 9.84 Å². The number of hydrogen-bond acceptors (Lipinski definition) is 4. The number of thiol groups is 1.